The summed E-state index contributed by atoms with van der Waals surface area (Å²) in [6, 6.07) is 10.2. The van der Waals surface area contributed by atoms with E-state index in [0.29, 0.717) is 0 Å². The van der Waals surface area contributed by atoms with Gasteiger partial charge in [-0.2, -0.15) is 5.10 Å². The first kappa shape index (κ1) is 13.8. The van der Waals surface area contributed by atoms with Crippen molar-refractivity contribution in [2.24, 2.45) is 0 Å². The smallest absolute Gasteiger partial charge is 0.0648 e. The molecule has 1 unspecified atom stereocenters. The van der Waals surface area contributed by atoms with Gasteiger partial charge in [-0.05, 0) is 32.9 Å². The quantitative estimate of drug-likeness (QED) is 0.863. The predicted molar refractivity (Wildman–Crippen MR) is 76.4 cm³/mol. The maximum Gasteiger partial charge on any atom is 0.0648 e. The Labute approximate surface area is 114 Å². The van der Waals surface area contributed by atoms with Crippen LogP contribution in [0.5, 0.6) is 0 Å². The fraction of sp³-hybridized carbons (Fsp3) is 0.400. The lowest BCUT2D eigenvalue weighted by Crippen LogP contribution is -2.29. The lowest BCUT2D eigenvalue weighted by atomic mass is 10.2. The standard InChI is InChI=1S/C15H21N3O/c1-11(10-19)16-9-15-12(2)17-18(13(15)3)14-7-5-4-6-8-14/h4-8,11,16,19H,9-10H2,1-3H3. The maximum atomic E-state index is 9.05. The van der Waals surface area contributed by atoms with Crippen LogP contribution in [0.25, 0.3) is 5.69 Å². The first-order chi connectivity index (χ1) is 9.13. The topological polar surface area (TPSA) is 50.1 Å². The molecule has 2 rings (SSSR count). The molecule has 0 aliphatic carbocycles. The van der Waals surface area contributed by atoms with E-state index in [0.717, 1.165) is 23.6 Å². The van der Waals surface area contributed by atoms with Gasteiger partial charge in [-0.1, -0.05) is 18.2 Å². The van der Waals surface area contributed by atoms with Gasteiger partial charge in [0.05, 0.1) is 18.0 Å². The summed E-state index contributed by atoms with van der Waals surface area (Å²) in [7, 11) is 0. The molecule has 0 aliphatic heterocycles. The van der Waals surface area contributed by atoms with E-state index in [2.05, 4.69) is 17.3 Å². The second-order valence-corrected chi connectivity index (χ2v) is 4.86. The number of benzene rings is 1. The Morgan fingerprint density at radius 3 is 2.58 bits per heavy atom. The molecule has 0 amide bonds. The molecular formula is C15H21N3O. The number of aromatic nitrogens is 2. The average molecular weight is 259 g/mol. The van der Waals surface area contributed by atoms with Crippen LogP contribution in [0.1, 0.15) is 23.9 Å². The molecule has 0 bridgehead atoms. The Bertz CT molecular complexity index is 534. The fourth-order valence-electron chi connectivity index (χ4n) is 2.09. The highest BCUT2D eigenvalue weighted by atomic mass is 16.3. The van der Waals surface area contributed by atoms with Crippen LogP contribution in [0, 0.1) is 13.8 Å². The average Bonchev–Trinajstić information content (AvgIpc) is 2.72. The van der Waals surface area contributed by atoms with E-state index in [1.807, 2.05) is 48.9 Å². The Hall–Kier alpha value is -1.65. The molecule has 0 saturated carbocycles. The van der Waals surface area contributed by atoms with E-state index in [9.17, 15) is 0 Å². The Morgan fingerprint density at radius 2 is 1.95 bits per heavy atom. The van der Waals surface area contributed by atoms with E-state index in [-0.39, 0.29) is 12.6 Å². The largest absolute Gasteiger partial charge is 0.395 e. The van der Waals surface area contributed by atoms with Gasteiger partial charge in [-0.25, -0.2) is 4.68 Å². The van der Waals surface area contributed by atoms with Crippen LogP contribution in [0.15, 0.2) is 30.3 Å². The number of para-hydroxylation sites is 1. The molecule has 0 saturated heterocycles. The summed E-state index contributed by atoms with van der Waals surface area (Å²) >= 11 is 0. The molecule has 2 aromatic rings. The fourth-order valence-corrected chi connectivity index (χ4v) is 2.09. The number of aryl methyl sites for hydroxylation is 1. The van der Waals surface area contributed by atoms with E-state index in [1.165, 1.54) is 5.56 Å². The highest BCUT2D eigenvalue weighted by Crippen LogP contribution is 2.17. The van der Waals surface area contributed by atoms with Crippen molar-refractivity contribution in [2.75, 3.05) is 6.61 Å². The van der Waals surface area contributed by atoms with Gasteiger partial charge in [0.15, 0.2) is 0 Å². The highest BCUT2D eigenvalue weighted by Gasteiger charge is 2.13. The minimum Gasteiger partial charge on any atom is -0.395 e. The first-order valence-corrected chi connectivity index (χ1v) is 6.58. The van der Waals surface area contributed by atoms with Crippen molar-refractivity contribution in [3.63, 3.8) is 0 Å². The van der Waals surface area contributed by atoms with Gasteiger partial charge >= 0.3 is 0 Å². The Morgan fingerprint density at radius 1 is 1.26 bits per heavy atom. The van der Waals surface area contributed by atoms with Crippen LogP contribution in [0.3, 0.4) is 0 Å². The summed E-state index contributed by atoms with van der Waals surface area (Å²) < 4.78 is 1.97. The summed E-state index contributed by atoms with van der Waals surface area (Å²) in [6.45, 7) is 6.93. The SMILES string of the molecule is Cc1nn(-c2ccccc2)c(C)c1CNC(C)CO. The summed E-state index contributed by atoms with van der Waals surface area (Å²) in [5.41, 5.74) is 4.44. The van der Waals surface area contributed by atoms with E-state index >= 15 is 0 Å². The number of hydrogen-bond donors (Lipinski definition) is 2. The Kier molecular flexibility index (Phi) is 4.35. The van der Waals surface area contributed by atoms with Crippen LogP contribution in [0.2, 0.25) is 0 Å². The Balaban J connectivity index is 2.25. The van der Waals surface area contributed by atoms with Crippen molar-refractivity contribution in [1.29, 1.82) is 0 Å². The number of aliphatic hydroxyl groups is 1. The van der Waals surface area contributed by atoms with Crippen LogP contribution in [-0.4, -0.2) is 27.5 Å². The minimum atomic E-state index is 0.0962. The van der Waals surface area contributed by atoms with Crippen molar-refractivity contribution in [1.82, 2.24) is 15.1 Å². The number of rotatable bonds is 5. The second-order valence-electron chi connectivity index (χ2n) is 4.86. The van der Waals surface area contributed by atoms with E-state index in [1.54, 1.807) is 0 Å². The molecule has 1 atom stereocenters. The third kappa shape index (κ3) is 3.03. The number of nitrogens with one attached hydrogen (secondary N) is 1. The van der Waals surface area contributed by atoms with Crippen LogP contribution in [-0.2, 0) is 6.54 Å². The normalized spacial score (nSPS) is 12.6. The molecule has 1 heterocycles. The molecule has 0 aliphatic rings. The van der Waals surface area contributed by atoms with Gasteiger partial charge in [0.1, 0.15) is 0 Å². The molecule has 1 aromatic heterocycles. The number of aliphatic hydroxyl groups excluding tert-OH is 1. The molecule has 2 N–H and O–H groups in total. The van der Waals surface area contributed by atoms with Crippen LogP contribution in [0.4, 0.5) is 0 Å². The molecule has 4 heteroatoms. The molecule has 4 nitrogen and oxygen atoms in total. The van der Waals surface area contributed by atoms with Crippen molar-refractivity contribution < 1.29 is 5.11 Å². The van der Waals surface area contributed by atoms with Crippen LogP contribution >= 0.6 is 0 Å². The third-order valence-corrected chi connectivity index (χ3v) is 3.34. The summed E-state index contributed by atoms with van der Waals surface area (Å²) in [4.78, 5) is 0. The summed E-state index contributed by atoms with van der Waals surface area (Å²) in [6.07, 6.45) is 0. The van der Waals surface area contributed by atoms with Gasteiger partial charge in [0, 0.05) is 23.8 Å². The minimum absolute atomic E-state index is 0.0962. The van der Waals surface area contributed by atoms with Gasteiger partial charge in [-0.15, -0.1) is 0 Å². The zero-order valence-corrected chi connectivity index (χ0v) is 11.7. The monoisotopic (exact) mass is 259 g/mol. The number of nitrogens with zero attached hydrogens (tertiary/aromatic N) is 2. The molecule has 0 radical (unpaired) electrons. The zero-order chi connectivity index (χ0) is 13.8. The zero-order valence-electron chi connectivity index (χ0n) is 11.7. The predicted octanol–water partition coefficient (Wildman–Crippen LogP) is 1.96. The molecule has 102 valence electrons. The maximum absolute atomic E-state index is 9.05. The first-order valence-electron chi connectivity index (χ1n) is 6.58. The lowest BCUT2D eigenvalue weighted by molar-refractivity contribution is 0.251. The van der Waals surface area contributed by atoms with Crippen molar-refractivity contribution >= 4 is 0 Å². The van der Waals surface area contributed by atoms with Gasteiger partial charge < -0.3 is 10.4 Å². The van der Waals surface area contributed by atoms with Crippen LogP contribution < -0.4 is 5.32 Å². The lowest BCUT2D eigenvalue weighted by Gasteiger charge is -2.11. The van der Waals surface area contributed by atoms with Gasteiger partial charge in [-0.3, -0.25) is 0 Å². The molecule has 0 spiro atoms. The molecule has 1 aromatic carbocycles. The third-order valence-electron chi connectivity index (χ3n) is 3.34. The highest BCUT2D eigenvalue weighted by molar-refractivity contribution is 5.36. The number of hydrogen-bond acceptors (Lipinski definition) is 3. The van der Waals surface area contributed by atoms with Crippen molar-refractivity contribution in [2.45, 2.75) is 33.4 Å². The molecule has 0 fully saturated rings. The second kappa shape index (κ2) is 5.99. The molecule has 19 heavy (non-hydrogen) atoms. The van der Waals surface area contributed by atoms with E-state index < -0.39 is 0 Å². The van der Waals surface area contributed by atoms with Crippen molar-refractivity contribution in [3.05, 3.63) is 47.3 Å². The molecular weight excluding hydrogens is 238 g/mol. The summed E-state index contributed by atoms with van der Waals surface area (Å²) in [5, 5.41) is 16.9. The summed E-state index contributed by atoms with van der Waals surface area (Å²) in [5.74, 6) is 0. The van der Waals surface area contributed by atoms with E-state index in [4.69, 9.17) is 5.11 Å². The van der Waals surface area contributed by atoms with Gasteiger partial charge in [0.2, 0.25) is 0 Å². The van der Waals surface area contributed by atoms with Gasteiger partial charge in [0.25, 0.3) is 0 Å². The van der Waals surface area contributed by atoms with Crippen molar-refractivity contribution in [3.8, 4) is 5.69 Å².